The number of aryl methyl sites for hydroxylation is 1. The van der Waals surface area contributed by atoms with Crippen LogP contribution in [0.3, 0.4) is 0 Å². The third-order valence-corrected chi connectivity index (χ3v) is 8.16. The summed E-state index contributed by atoms with van der Waals surface area (Å²) in [6, 6.07) is 31.3. The number of pyridine rings is 2. The second-order valence-electron chi connectivity index (χ2n) is 9.36. The zero-order valence-corrected chi connectivity index (χ0v) is 24.6. The van der Waals surface area contributed by atoms with E-state index in [9.17, 15) is 8.42 Å². The molecular formula is C31H24N4O2PtS. The topological polar surface area (TPSA) is 68.1 Å². The van der Waals surface area contributed by atoms with Crippen molar-refractivity contribution >= 4 is 37.3 Å². The van der Waals surface area contributed by atoms with Crippen LogP contribution in [-0.2, 0) is 30.9 Å². The smallest absolute Gasteiger partial charge is 0.378 e. The molecule has 0 saturated heterocycles. The van der Waals surface area contributed by atoms with Crippen molar-refractivity contribution in [2.75, 3.05) is 19.0 Å². The summed E-state index contributed by atoms with van der Waals surface area (Å²) in [5.41, 5.74) is 5.12. The monoisotopic (exact) mass is 711 g/mol. The van der Waals surface area contributed by atoms with Crippen molar-refractivity contribution in [3.63, 3.8) is 0 Å². The van der Waals surface area contributed by atoms with E-state index in [4.69, 9.17) is 0 Å². The molecule has 3 aromatic heterocycles. The molecule has 6 nitrogen and oxygen atoms in total. The molecule has 0 spiro atoms. The third-order valence-electron chi connectivity index (χ3n) is 6.57. The summed E-state index contributed by atoms with van der Waals surface area (Å²) in [6.07, 6.45) is 3.31. The second kappa shape index (κ2) is 10.4. The Kier molecular flexibility index (Phi) is 7.14. The Balaban J connectivity index is 0.00000308. The molecule has 0 N–H and O–H groups in total. The molecular weight excluding hydrogens is 688 g/mol. The maximum atomic E-state index is 13.5. The molecule has 0 aliphatic carbocycles. The van der Waals surface area contributed by atoms with Gasteiger partial charge < -0.3 is 9.47 Å². The van der Waals surface area contributed by atoms with Gasteiger partial charge in [-0.3, -0.25) is 0 Å². The fourth-order valence-corrected chi connectivity index (χ4v) is 5.83. The van der Waals surface area contributed by atoms with Crippen molar-refractivity contribution < 1.29 is 29.5 Å². The first kappa shape index (κ1) is 26.8. The van der Waals surface area contributed by atoms with Gasteiger partial charge in [-0.05, 0) is 58.6 Å². The molecule has 6 aromatic rings. The Morgan fingerprint density at radius 3 is 2.36 bits per heavy atom. The van der Waals surface area contributed by atoms with Crippen molar-refractivity contribution in [2.45, 2.75) is 16.8 Å². The number of nitrogens with zero attached hydrogens (tertiary/aromatic N) is 4. The molecule has 0 radical (unpaired) electrons. The van der Waals surface area contributed by atoms with Gasteiger partial charge in [0.05, 0.1) is 0 Å². The second-order valence-corrected chi connectivity index (χ2v) is 11.2. The van der Waals surface area contributed by atoms with Crippen LogP contribution in [0.5, 0.6) is 0 Å². The van der Waals surface area contributed by atoms with E-state index < -0.39 is 9.84 Å². The van der Waals surface area contributed by atoms with Crippen molar-refractivity contribution in [1.29, 1.82) is 0 Å². The number of rotatable bonds is 5. The molecule has 0 aliphatic heterocycles. The fourth-order valence-electron chi connectivity index (χ4n) is 4.63. The van der Waals surface area contributed by atoms with Crippen molar-refractivity contribution in [3.8, 4) is 16.9 Å². The zero-order valence-electron chi connectivity index (χ0n) is 21.5. The summed E-state index contributed by atoms with van der Waals surface area (Å²) in [6.45, 7) is 2.04. The molecule has 0 bridgehead atoms. The minimum atomic E-state index is -3.87. The Morgan fingerprint density at radius 1 is 0.795 bits per heavy atom. The number of anilines is 1. The van der Waals surface area contributed by atoms with E-state index in [-0.39, 0.29) is 31.0 Å². The molecule has 39 heavy (non-hydrogen) atoms. The number of hydrogen-bond acceptors (Lipinski definition) is 5. The summed E-state index contributed by atoms with van der Waals surface area (Å²) < 4.78 is 29.0. The Bertz CT molecular complexity index is 1950. The summed E-state index contributed by atoms with van der Waals surface area (Å²) >= 11 is 0. The van der Waals surface area contributed by atoms with Crippen molar-refractivity contribution in [1.82, 2.24) is 14.5 Å². The molecule has 196 valence electrons. The molecule has 0 saturated carbocycles. The number of fused-ring (bicyclic) bond motifs is 3. The van der Waals surface area contributed by atoms with Gasteiger partial charge in [0.1, 0.15) is 5.82 Å². The van der Waals surface area contributed by atoms with E-state index in [1.807, 2.05) is 68.4 Å². The van der Waals surface area contributed by atoms with Crippen LogP contribution >= 0.6 is 0 Å². The molecule has 8 heteroatoms. The first-order valence-electron chi connectivity index (χ1n) is 12.1. The van der Waals surface area contributed by atoms with E-state index in [1.54, 1.807) is 30.5 Å². The molecule has 0 fully saturated rings. The summed E-state index contributed by atoms with van der Waals surface area (Å²) in [5.74, 6) is 0.803. The van der Waals surface area contributed by atoms with E-state index in [0.717, 1.165) is 44.4 Å². The fraction of sp³-hybridized carbons (Fsp3) is 0.0968. The van der Waals surface area contributed by atoms with Crippen LogP contribution in [0, 0.1) is 19.1 Å². The Morgan fingerprint density at radius 2 is 1.56 bits per heavy atom. The molecule has 3 heterocycles. The predicted octanol–water partition coefficient (Wildman–Crippen LogP) is 6.05. The van der Waals surface area contributed by atoms with Crippen LogP contribution in [-0.4, -0.2) is 37.0 Å². The first-order chi connectivity index (χ1) is 18.3. The first-order valence-corrected chi connectivity index (χ1v) is 13.6. The Labute approximate surface area is 242 Å². The van der Waals surface area contributed by atoms with Gasteiger partial charge in [0.2, 0.25) is 9.84 Å². The van der Waals surface area contributed by atoms with Crippen LogP contribution in [0.2, 0.25) is 0 Å². The third kappa shape index (κ3) is 4.77. The van der Waals surface area contributed by atoms with Crippen molar-refractivity contribution in [2.24, 2.45) is 0 Å². The zero-order chi connectivity index (χ0) is 26.4. The van der Waals surface area contributed by atoms with Gasteiger partial charge in [-0.25, -0.2) is 29.5 Å². The van der Waals surface area contributed by atoms with Gasteiger partial charge >= 0.3 is 21.1 Å². The molecule has 3 aromatic carbocycles. The summed E-state index contributed by atoms with van der Waals surface area (Å²) in [4.78, 5) is 10.7. The van der Waals surface area contributed by atoms with Gasteiger partial charge in [-0.15, -0.1) is 12.1 Å². The van der Waals surface area contributed by atoms with Crippen LogP contribution in [0.15, 0.2) is 101 Å². The van der Waals surface area contributed by atoms with E-state index in [2.05, 4.69) is 38.8 Å². The average molecular weight is 712 g/mol. The van der Waals surface area contributed by atoms with Crippen LogP contribution < -0.4 is 4.90 Å². The minimum absolute atomic E-state index is 0. The van der Waals surface area contributed by atoms with Crippen LogP contribution in [0.25, 0.3) is 38.8 Å². The Hall–Kier alpha value is -3.80. The predicted molar refractivity (Wildman–Crippen MR) is 150 cm³/mol. The maximum absolute atomic E-state index is 13.5. The summed E-state index contributed by atoms with van der Waals surface area (Å²) in [5, 5.41) is 2.13. The van der Waals surface area contributed by atoms with Gasteiger partial charge in [0, 0.05) is 37.7 Å². The minimum Gasteiger partial charge on any atom is -0.378 e. The molecule has 0 amide bonds. The van der Waals surface area contributed by atoms with Gasteiger partial charge in [0.25, 0.3) is 0 Å². The normalized spacial score (nSPS) is 11.5. The van der Waals surface area contributed by atoms with Crippen LogP contribution in [0.1, 0.15) is 5.56 Å². The molecule has 0 atom stereocenters. The van der Waals surface area contributed by atoms with Crippen molar-refractivity contribution in [3.05, 3.63) is 109 Å². The van der Waals surface area contributed by atoms with Crippen LogP contribution in [0.4, 0.5) is 5.69 Å². The molecule has 0 aliphatic rings. The maximum Gasteiger partial charge on any atom is 2.00 e. The SMILES string of the molecule is Cc1ccnc(-n2c3[c-]c(-c4[c-]c(S(=O)(=O)c5cc(N(C)C)ccn5)ccc4)ccc3c3ccccc32)c1.[Pt+2]. The number of aromatic nitrogens is 3. The molecule has 6 rings (SSSR count). The number of sulfone groups is 1. The number of para-hydroxylation sites is 1. The van der Waals surface area contributed by atoms with Gasteiger partial charge in [-0.1, -0.05) is 23.6 Å². The standard InChI is InChI=1S/C31H24N4O2S.Pt/c1-21-13-15-32-30(17-21)35-28-10-5-4-9-26(28)27-12-11-23(19-29(27)35)22-7-6-8-25(18-22)38(36,37)31-20-24(34(2)3)14-16-33-31;/h4-17,20H,1-3H3;/q-2;+2. The average Bonchev–Trinajstić information content (AvgIpc) is 3.27. The molecule has 0 unspecified atom stereocenters. The number of hydrogen-bond donors (Lipinski definition) is 0. The van der Waals surface area contributed by atoms with Gasteiger partial charge in [0.15, 0.2) is 5.03 Å². The summed E-state index contributed by atoms with van der Waals surface area (Å²) in [7, 11) is -0.153. The van der Waals surface area contributed by atoms with E-state index in [0.29, 0.717) is 5.56 Å². The quantitative estimate of drug-likeness (QED) is 0.204. The van der Waals surface area contributed by atoms with Gasteiger partial charge in [-0.2, -0.15) is 30.3 Å². The van der Waals surface area contributed by atoms with E-state index >= 15 is 0 Å². The number of benzene rings is 3. The van der Waals surface area contributed by atoms with E-state index in [1.165, 1.54) is 6.20 Å². The largest absolute Gasteiger partial charge is 2.00 e.